The second-order valence-corrected chi connectivity index (χ2v) is 6.04. The Morgan fingerprint density at radius 2 is 2.35 bits per heavy atom. The van der Waals surface area contributed by atoms with E-state index in [0.29, 0.717) is 0 Å². The highest BCUT2D eigenvalue weighted by atomic mass is 32.1. The average molecular weight is 291 g/mol. The Balaban J connectivity index is 1.98. The van der Waals surface area contributed by atoms with Gasteiger partial charge in [0.25, 0.3) is 0 Å². The molecule has 0 spiro atoms. The van der Waals surface area contributed by atoms with E-state index in [1.807, 2.05) is 17.9 Å². The van der Waals surface area contributed by atoms with Gasteiger partial charge in [0.15, 0.2) is 5.13 Å². The Morgan fingerprint density at radius 1 is 1.50 bits per heavy atom. The molecule has 1 unspecified atom stereocenters. The molecule has 106 valence electrons. The highest BCUT2D eigenvalue weighted by molar-refractivity contribution is 7.15. The van der Waals surface area contributed by atoms with Crippen LogP contribution in [-0.2, 0) is 6.42 Å². The van der Waals surface area contributed by atoms with Crippen LogP contribution in [0.5, 0.6) is 0 Å². The zero-order valence-corrected chi connectivity index (χ0v) is 12.3. The first-order valence-corrected chi connectivity index (χ1v) is 7.79. The van der Waals surface area contributed by atoms with Gasteiger partial charge in [0.1, 0.15) is 5.82 Å². The van der Waals surface area contributed by atoms with Crippen molar-refractivity contribution in [3.8, 4) is 0 Å². The van der Waals surface area contributed by atoms with Gasteiger partial charge in [0.05, 0.1) is 5.69 Å². The molecule has 2 aromatic rings. The van der Waals surface area contributed by atoms with Gasteiger partial charge >= 0.3 is 0 Å². The number of aromatic nitrogens is 1. The second-order valence-electron chi connectivity index (χ2n) is 5.03. The monoisotopic (exact) mass is 291 g/mol. The lowest BCUT2D eigenvalue weighted by Crippen LogP contribution is -2.16. The zero-order valence-electron chi connectivity index (χ0n) is 11.5. The summed E-state index contributed by atoms with van der Waals surface area (Å²) < 4.78 is 13.4. The molecule has 0 saturated heterocycles. The third-order valence-electron chi connectivity index (χ3n) is 3.65. The van der Waals surface area contributed by atoms with E-state index in [4.69, 9.17) is 10.7 Å². The largest absolute Gasteiger partial charge is 0.323 e. The van der Waals surface area contributed by atoms with E-state index in [2.05, 4.69) is 0 Å². The third-order valence-corrected chi connectivity index (χ3v) is 4.90. The van der Waals surface area contributed by atoms with E-state index in [0.717, 1.165) is 42.3 Å². The van der Waals surface area contributed by atoms with Gasteiger partial charge < -0.3 is 10.6 Å². The molecule has 2 N–H and O–H groups in total. The molecule has 0 amide bonds. The molecule has 0 radical (unpaired) electrons. The van der Waals surface area contributed by atoms with Crippen molar-refractivity contribution in [3.05, 3.63) is 40.7 Å². The lowest BCUT2D eigenvalue weighted by molar-refractivity contribution is 0.573. The van der Waals surface area contributed by atoms with Crippen LogP contribution < -0.4 is 10.6 Å². The minimum atomic E-state index is -0.223. The Labute approximate surface area is 122 Å². The maximum atomic E-state index is 13.4. The molecule has 1 heterocycles. The molecule has 5 heteroatoms. The van der Waals surface area contributed by atoms with Crippen LogP contribution in [0.3, 0.4) is 0 Å². The van der Waals surface area contributed by atoms with Crippen molar-refractivity contribution < 1.29 is 4.39 Å². The number of rotatable bonds is 3. The summed E-state index contributed by atoms with van der Waals surface area (Å²) in [5, 5.41) is 0.917. The van der Waals surface area contributed by atoms with Gasteiger partial charge in [-0.3, -0.25) is 0 Å². The van der Waals surface area contributed by atoms with Gasteiger partial charge in [-0.25, -0.2) is 9.37 Å². The van der Waals surface area contributed by atoms with Gasteiger partial charge in [-0.1, -0.05) is 17.4 Å². The first kappa shape index (κ1) is 13.5. The molecular weight excluding hydrogens is 273 g/mol. The smallest absolute Gasteiger partial charge is 0.190 e. The van der Waals surface area contributed by atoms with E-state index in [9.17, 15) is 4.39 Å². The van der Waals surface area contributed by atoms with Crippen LogP contribution >= 0.6 is 11.3 Å². The molecule has 1 aromatic heterocycles. The lowest BCUT2D eigenvalue weighted by atomic mass is 9.99. The van der Waals surface area contributed by atoms with Crippen LogP contribution in [-0.4, -0.2) is 11.5 Å². The van der Waals surface area contributed by atoms with Gasteiger partial charge in [-0.05, 0) is 44.4 Å². The Morgan fingerprint density at radius 3 is 3.05 bits per heavy atom. The fourth-order valence-electron chi connectivity index (χ4n) is 2.63. The summed E-state index contributed by atoms with van der Waals surface area (Å²) in [6, 6.07) is 6.75. The van der Waals surface area contributed by atoms with Gasteiger partial charge in [0.2, 0.25) is 0 Å². The number of nitrogens with two attached hydrogens (primary N) is 1. The van der Waals surface area contributed by atoms with Crippen molar-refractivity contribution >= 4 is 22.2 Å². The number of fused-ring (bicyclic) bond motifs is 1. The molecule has 1 aromatic carbocycles. The number of anilines is 2. The van der Waals surface area contributed by atoms with E-state index in [1.165, 1.54) is 10.9 Å². The quantitative estimate of drug-likeness (QED) is 0.936. The summed E-state index contributed by atoms with van der Waals surface area (Å²) in [4.78, 5) is 7.96. The normalized spacial score (nSPS) is 17.9. The molecule has 1 aliphatic rings. The van der Waals surface area contributed by atoms with E-state index in [1.54, 1.807) is 23.5 Å². The Hall–Kier alpha value is -1.46. The summed E-state index contributed by atoms with van der Waals surface area (Å²) in [7, 11) is 0. The fraction of sp³-hybridized carbons (Fsp3) is 0.400. The van der Waals surface area contributed by atoms with Gasteiger partial charge in [-0.2, -0.15) is 0 Å². The van der Waals surface area contributed by atoms with E-state index < -0.39 is 0 Å². The molecule has 0 aliphatic heterocycles. The fourth-order valence-corrected chi connectivity index (χ4v) is 3.86. The summed E-state index contributed by atoms with van der Waals surface area (Å²) in [5.74, 6) is -0.223. The minimum absolute atomic E-state index is 0.108. The maximum Gasteiger partial charge on any atom is 0.190 e. The number of hydrogen-bond acceptors (Lipinski definition) is 4. The first-order chi connectivity index (χ1) is 9.69. The zero-order chi connectivity index (χ0) is 14.1. The number of halogens is 1. The van der Waals surface area contributed by atoms with Crippen molar-refractivity contribution in [2.75, 3.05) is 11.4 Å². The lowest BCUT2D eigenvalue weighted by Gasteiger charge is -2.19. The van der Waals surface area contributed by atoms with Crippen molar-refractivity contribution in [2.24, 2.45) is 5.73 Å². The van der Waals surface area contributed by atoms with Crippen molar-refractivity contribution in [1.82, 2.24) is 4.98 Å². The molecule has 0 fully saturated rings. The molecule has 0 bridgehead atoms. The molecule has 3 rings (SSSR count). The topological polar surface area (TPSA) is 42.2 Å². The van der Waals surface area contributed by atoms with E-state index >= 15 is 0 Å². The predicted molar refractivity (Wildman–Crippen MR) is 81.1 cm³/mol. The highest BCUT2D eigenvalue weighted by Gasteiger charge is 2.23. The summed E-state index contributed by atoms with van der Waals surface area (Å²) in [6.45, 7) is 2.80. The Bertz CT molecular complexity index is 611. The Kier molecular flexibility index (Phi) is 3.72. The van der Waals surface area contributed by atoms with Crippen LogP contribution in [0.15, 0.2) is 24.3 Å². The van der Waals surface area contributed by atoms with Crippen LogP contribution in [0.1, 0.15) is 36.4 Å². The number of hydrogen-bond donors (Lipinski definition) is 1. The number of benzene rings is 1. The summed E-state index contributed by atoms with van der Waals surface area (Å²) in [6.07, 6.45) is 3.13. The first-order valence-electron chi connectivity index (χ1n) is 6.97. The maximum absolute atomic E-state index is 13.4. The van der Waals surface area contributed by atoms with Crippen LogP contribution in [0.2, 0.25) is 0 Å². The molecule has 20 heavy (non-hydrogen) atoms. The number of thiazole rings is 1. The van der Waals surface area contributed by atoms with E-state index in [-0.39, 0.29) is 11.9 Å². The van der Waals surface area contributed by atoms with Gasteiger partial charge in [-0.15, -0.1) is 0 Å². The second kappa shape index (κ2) is 5.50. The third kappa shape index (κ3) is 2.43. The minimum Gasteiger partial charge on any atom is -0.323 e. The molecule has 3 nitrogen and oxygen atoms in total. The average Bonchev–Trinajstić information content (AvgIpc) is 2.85. The number of nitrogens with zero attached hydrogens (tertiary/aromatic N) is 2. The summed E-state index contributed by atoms with van der Waals surface area (Å²) >= 11 is 1.64. The van der Waals surface area contributed by atoms with Crippen molar-refractivity contribution in [2.45, 2.75) is 32.2 Å². The molecule has 1 atom stereocenters. The SMILES string of the molecule is CCN(c1cccc(F)c1)c1nc2c(s1)C(N)CCC2. The molecular formula is C15H18FN3S. The summed E-state index contributed by atoms with van der Waals surface area (Å²) in [5.41, 5.74) is 8.12. The van der Waals surface area contributed by atoms with Crippen LogP contribution in [0, 0.1) is 5.82 Å². The molecule has 0 saturated carbocycles. The van der Waals surface area contributed by atoms with Crippen molar-refractivity contribution in [1.29, 1.82) is 0 Å². The van der Waals surface area contributed by atoms with Crippen molar-refractivity contribution in [3.63, 3.8) is 0 Å². The number of aryl methyl sites for hydroxylation is 1. The van der Waals surface area contributed by atoms with Crippen LogP contribution in [0.4, 0.5) is 15.2 Å². The molecule has 1 aliphatic carbocycles. The predicted octanol–water partition coefficient (Wildman–Crippen LogP) is 3.78. The standard InChI is InChI=1S/C15H18FN3S/c1-2-19(11-6-3-5-10(16)9-11)15-18-13-8-4-7-12(17)14(13)20-15/h3,5-6,9,12H,2,4,7-8,17H2,1H3. The highest BCUT2D eigenvalue weighted by Crippen LogP contribution is 2.38. The van der Waals surface area contributed by atoms with Gasteiger partial charge in [0, 0.05) is 23.2 Å². The van der Waals surface area contributed by atoms with Crippen LogP contribution in [0.25, 0.3) is 0 Å².